The van der Waals surface area contributed by atoms with Crippen molar-refractivity contribution in [2.75, 3.05) is 26.7 Å². The summed E-state index contributed by atoms with van der Waals surface area (Å²) in [5.74, 6) is -0.281. The van der Waals surface area contributed by atoms with Crippen LogP contribution in [0.4, 0.5) is 0 Å². The third-order valence-corrected chi connectivity index (χ3v) is 4.00. The first-order valence-electron chi connectivity index (χ1n) is 7.36. The van der Waals surface area contributed by atoms with Gasteiger partial charge in [0, 0.05) is 12.6 Å². The Morgan fingerprint density at radius 2 is 1.95 bits per heavy atom. The van der Waals surface area contributed by atoms with Crippen molar-refractivity contribution in [1.82, 2.24) is 10.2 Å². The third-order valence-electron chi connectivity index (χ3n) is 4.00. The predicted molar refractivity (Wildman–Crippen MR) is 79.8 cm³/mol. The molecule has 0 radical (unpaired) electrons. The normalized spacial score (nSPS) is 17.1. The standard InChI is InChI=1S/C16H24N2O2/c1-3-18-10-8-15(9-11-18)17-12-13-4-6-14(7-5-13)16(19)20-2/h4-7,15,17H,3,8-12H2,1-2H3. The zero-order valence-corrected chi connectivity index (χ0v) is 12.4. The highest BCUT2D eigenvalue weighted by atomic mass is 16.5. The van der Waals surface area contributed by atoms with E-state index in [-0.39, 0.29) is 5.97 Å². The molecule has 0 bridgehead atoms. The number of piperidine rings is 1. The van der Waals surface area contributed by atoms with Crippen molar-refractivity contribution in [1.29, 1.82) is 0 Å². The third kappa shape index (κ3) is 4.05. The molecule has 2 rings (SSSR count). The largest absolute Gasteiger partial charge is 0.465 e. The second-order valence-corrected chi connectivity index (χ2v) is 5.28. The van der Waals surface area contributed by atoms with Crippen molar-refractivity contribution in [3.63, 3.8) is 0 Å². The molecule has 4 nitrogen and oxygen atoms in total. The Morgan fingerprint density at radius 3 is 2.50 bits per heavy atom. The molecule has 1 aliphatic rings. The van der Waals surface area contributed by atoms with E-state index in [2.05, 4.69) is 17.1 Å². The molecule has 1 aromatic rings. The summed E-state index contributed by atoms with van der Waals surface area (Å²) < 4.78 is 4.69. The molecule has 1 aliphatic heterocycles. The minimum absolute atomic E-state index is 0.281. The van der Waals surface area contributed by atoms with Crippen molar-refractivity contribution in [2.45, 2.75) is 32.4 Å². The van der Waals surface area contributed by atoms with Gasteiger partial charge in [-0.3, -0.25) is 0 Å². The van der Waals surface area contributed by atoms with Gasteiger partial charge >= 0.3 is 5.97 Å². The second kappa shape index (κ2) is 7.41. The van der Waals surface area contributed by atoms with Crippen LogP contribution in [0.3, 0.4) is 0 Å². The van der Waals surface area contributed by atoms with Gasteiger partial charge in [0.1, 0.15) is 0 Å². The number of esters is 1. The molecule has 0 aromatic heterocycles. The summed E-state index contributed by atoms with van der Waals surface area (Å²) in [6, 6.07) is 8.23. The number of benzene rings is 1. The Balaban J connectivity index is 1.78. The van der Waals surface area contributed by atoms with Gasteiger partial charge in [0.2, 0.25) is 0 Å². The molecule has 1 heterocycles. The lowest BCUT2D eigenvalue weighted by Crippen LogP contribution is -2.42. The zero-order valence-electron chi connectivity index (χ0n) is 12.4. The molecule has 110 valence electrons. The summed E-state index contributed by atoms with van der Waals surface area (Å²) in [5, 5.41) is 3.60. The van der Waals surface area contributed by atoms with E-state index >= 15 is 0 Å². The van der Waals surface area contributed by atoms with E-state index in [4.69, 9.17) is 4.74 Å². The summed E-state index contributed by atoms with van der Waals surface area (Å²) in [7, 11) is 1.40. The molecule has 1 aromatic carbocycles. The van der Waals surface area contributed by atoms with Gasteiger partial charge in [-0.05, 0) is 50.2 Å². The van der Waals surface area contributed by atoms with Gasteiger partial charge in [-0.1, -0.05) is 19.1 Å². The number of rotatable bonds is 5. The zero-order chi connectivity index (χ0) is 14.4. The average molecular weight is 276 g/mol. The second-order valence-electron chi connectivity index (χ2n) is 5.28. The molecule has 0 atom stereocenters. The first-order chi connectivity index (χ1) is 9.72. The van der Waals surface area contributed by atoms with Crippen molar-refractivity contribution >= 4 is 5.97 Å². The van der Waals surface area contributed by atoms with Gasteiger partial charge in [-0.25, -0.2) is 4.79 Å². The number of carbonyl (C=O) groups is 1. The Hall–Kier alpha value is -1.39. The predicted octanol–water partition coefficient (Wildman–Crippen LogP) is 2.05. The number of nitrogens with zero attached hydrogens (tertiary/aromatic N) is 1. The highest BCUT2D eigenvalue weighted by Gasteiger charge is 2.17. The summed E-state index contributed by atoms with van der Waals surface area (Å²) >= 11 is 0. The fourth-order valence-electron chi connectivity index (χ4n) is 2.59. The highest BCUT2D eigenvalue weighted by molar-refractivity contribution is 5.89. The lowest BCUT2D eigenvalue weighted by molar-refractivity contribution is 0.0600. The maximum Gasteiger partial charge on any atom is 0.337 e. The molecule has 4 heteroatoms. The average Bonchev–Trinajstić information content (AvgIpc) is 2.53. The van der Waals surface area contributed by atoms with E-state index in [0.717, 1.165) is 13.1 Å². The fraction of sp³-hybridized carbons (Fsp3) is 0.562. The summed E-state index contributed by atoms with van der Waals surface area (Å²) in [6.07, 6.45) is 2.43. The van der Waals surface area contributed by atoms with E-state index in [9.17, 15) is 4.79 Å². The van der Waals surface area contributed by atoms with Crippen LogP contribution in [-0.2, 0) is 11.3 Å². The van der Waals surface area contributed by atoms with Crippen LogP contribution >= 0.6 is 0 Å². The van der Waals surface area contributed by atoms with Crippen LogP contribution < -0.4 is 5.32 Å². The molecule has 0 unspecified atom stereocenters. The van der Waals surface area contributed by atoms with Crippen molar-refractivity contribution in [3.05, 3.63) is 35.4 Å². The summed E-state index contributed by atoms with van der Waals surface area (Å²) in [5.41, 5.74) is 1.81. The van der Waals surface area contributed by atoms with Crippen LogP contribution in [0.2, 0.25) is 0 Å². The number of hydrogen-bond acceptors (Lipinski definition) is 4. The van der Waals surface area contributed by atoms with Crippen molar-refractivity contribution < 1.29 is 9.53 Å². The molecule has 1 N–H and O–H groups in total. The van der Waals surface area contributed by atoms with E-state index in [1.165, 1.54) is 38.6 Å². The minimum atomic E-state index is -0.281. The van der Waals surface area contributed by atoms with Crippen LogP contribution in [0.25, 0.3) is 0 Å². The maximum atomic E-state index is 11.3. The van der Waals surface area contributed by atoms with Crippen LogP contribution in [-0.4, -0.2) is 43.7 Å². The van der Waals surface area contributed by atoms with Gasteiger partial charge in [0.25, 0.3) is 0 Å². The lowest BCUT2D eigenvalue weighted by atomic mass is 10.0. The molecular formula is C16H24N2O2. The summed E-state index contributed by atoms with van der Waals surface area (Å²) in [6.45, 7) is 6.61. The number of nitrogens with one attached hydrogen (secondary N) is 1. The Bertz CT molecular complexity index is 423. The quantitative estimate of drug-likeness (QED) is 0.836. The molecular weight excluding hydrogens is 252 g/mol. The van der Waals surface area contributed by atoms with Crippen molar-refractivity contribution in [2.24, 2.45) is 0 Å². The maximum absolute atomic E-state index is 11.3. The summed E-state index contributed by atoms with van der Waals surface area (Å²) in [4.78, 5) is 13.8. The van der Waals surface area contributed by atoms with Gasteiger partial charge < -0.3 is 15.0 Å². The Morgan fingerprint density at radius 1 is 1.30 bits per heavy atom. The van der Waals surface area contributed by atoms with Gasteiger partial charge in [0.15, 0.2) is 0 Å². The van der Waals surface area contributed by atoms with Crippen LogP contribution in [0, 0.1) is 0 Å². The smallest absolute Gasteiger partial charge is 0.337 e. The minimum Gasteiger partial charge on any atom is -0.465 e. The first-order valence-corrected chi connectivity index (χ1v) is 7.36. The first kappa shape index (κ1) is 15.0. The van der Waals surface area contributed by atoms with Crippen LogP contribution in [0.1, 0.15) is 35.7 Å². The van der Waals surface area contributed by atoms with E-state index in [1.807, 2.05) is 24.3 Å². The van der Waals surface area contributed by atoms with Crippen molar-refractivity contribution in [3.8, 4) is 0 Å². The topological polar surface area (TPSA) is 41.6 Å². The highest BCUT2D eigenvalue weighted by Crippen LogP contribution is 2.11. The van der Waals surface area contributed by atoms with E-state index in [0.29, 0.717) is 11.6 Å². The van der Waals surface area contributed by atoms with E-state index in [1.54, 1.807) is 0 Å². The molecule has 20 heavy (non-hydrogen) atoms. The molecule has 0 aliphatic carbocycles. The van der Waals surface area contributed by atoms with Crippen LogP contribution in [0.5, 0.6) is 0 Å². The number of likely N-dealkylation sites (tertiary alicyclic amines) is 1. The molecule has 1 saturated heterocycles. The van der Waals surface area contributed by atoms with Gasteiger partial charge in [0.05, 0.1) is 12.7 Å². The lowest BCUT2D eigenvalue weighted by Gasteiger charge is -2.31. The Labute approximate surface area is 121 Å². The van der Waals surface area contributed by atoms with Gasteiger partial charge in [-0.2, -0.15) is 0 Å². The SMILES string of the molecule is CCN1CCC(NCc2ccc(C(=O)OC)cc2)CC1. The monoisotopic (exact) mass is 276 g/mol. The van der Waals surface area contributed by atoms with E-state index < -0.39 is 0 Å². The fourth-order valence-corrected chi connectivity index (χ4v) is 2.59. The van der Waals surface area contributed by atoms with Crippen LogP contribution in [0.15, 0.2) is 24.3 Å². The Kier molecular flexibility index (Phi) is 5.56. The van der Waals surface area contributed by atoms with Gasteiger partial charge in [-0.15, -0.1) is 0 Å². The number of methoxy groups -OCH3 is 1. The molecule has 0 saturated carbocycles. The number of carbonyl (C=O) groups excluding carboxylic acids is 1. The molecule has 0 spiro atoms. The number of ether oxygens (including phenoxy) is 1. The molecule has 0 amide bonds. The number of hydrogen-bond donors (Lipinski definition) is 1. The molecule has 1 fully saturated rings.